The highest BCUT2D eigenvalue weighted by Gasteiger charge is 2.09. The molecule has 0 aliphatic heterocycles. The first-order valence-corrected chi connectivity index (χ1v) is 7.76. The molecular formula is C19H24N2O. The molecule has 0 aliphatic carbocycles. The summed E-state index contributed by atoms with van der Waals surface area (Å²) < 4.78 is 0. The second-order valence-corrected chi connectivity index (χ2v) is 5.77. The summed E-state index contributed by atoms with van der Waals surface area (Å²) >= 11 is 0. The third-order valence-corrected chi connectivity index (χ3v) is 3.60. The molecule has 1 N–H and O–H groups in total. The Morgan fingerprint density at radius 1 is 1.09 bits per heavy atom. The summed E-state index contributed by atoms with van der Waals surface area (Å²) in [5.41, 5.74) is 4.39. The molecule has 0 heterocycles. The first-order chi connectivity index (χ1) is 10.5. The monoisotopic (exact) mass is 296 g/mol. The lowest BCUT2D eigenvalue weighted by atomic mass is 10.1. The van der Waals surface area contributed by atoms with Gasteiger partial charge in [-0.05, 0) is 55.8 Å². The fourth-order valence-electron chi connectivity index (χ4n) is 2.32. The Bertz CT molecular complexity index is 632. The molecule has 0 saturated carbocycles. The van der Waals surface area contributed by atoms with E-state index in [0.29, 0.717) is 0 Å². The van der Waals surface area contributed by atoms with Crippen molar-refractivity contribution in [2.24, 2.45) is 5.92 Å². The molecule has 0 spiro atoms. The van der Waals surface area contributed by atoms with E-state index in [4.69, 9.17) is 0 Å². The van der Waals surface area contributed by atoms with Crippen molar-refractivity contribution >= 4 is 23.0 Å². The highest BCUT2D eigenvalue weighted by atomic mass is 16.1. The Morgan fingerprint density at radius 2 is 1.77 bits per heavy atom. The minimum Gasteiger partial charge on any atom is -0.342 e. The van der Waals surface area contributed by atoms with Gasteiger partial charge >= 0.3 is 0 Å². The maximum atomic E-state index is 11.7. The van der Waals surface area contributed by atoms with Crippen molar-refractivity contribution in [2.75, 3.05) is 16.8 Å². The summed E-state index contributed by atoms with van der Waals surface area (Å²) in [6, 6.07) is 16.5. The molecule has 3 heteroatoms. The molecule has 0 unspecified atom stereocenters. The summed E-state index contributed by atoms with van der Waals surface area (Å²) in [5, 5.41) is 2.92. The Balaban J connectivity index is 2.19. The number of nitrogens with zero attached hydrogens (tertiary/aromatic N) is 1. The van der Waals surface area contributed by atoms with Crippen molar-refractivity contribution in [1.82, 2.24) is 0 Å². The summed E-state index contributed by atoms with van der Waals surface area (Å²) in [7, 11) is 0. The molecule has 0 fully saturated rings. The number of nitrogens with one attached hydrogen (secondary N) is 1. The molecule has 22 heavy (non-hydrogen) atoms. The van der Waals surface area contributed by atoms with Gasteiger partial charge in [0.2, 0.25) is 5.91 Å². The highest BCUT2D eigenvalue weighted by Crippen LogP contribution is 2.27. The van der Waals surface area contributed by atoms with E-state index in [0.717, 1.165) is 17.9 Å². The number of hydrogen-bond acceptors (Lipinski definition) is 2. The van der Waals surface area contributed by atoms with E-state index in [1.165, 1.54) is 11.3 Å². The van der Waals surface area contributed by atoms with E-state index in [1.54, 1.807) is 0 Å². The summed E-state index contributed by atoms with van der Waals surface area (Å²) in [4.78, 5) is 14.0. The Morgan fingerprint density at radius 3 is 2.32 bits per heavy atom. The van der Waals surface area contributed by atoms with Crippen LogP contribution in [0.25, 0.3) is 0 Å². The van der Waals surface area contributed by atoms with Crippen molar-refractivity contribution in [3.05, 3.63) is 54.1 Å². The van der Waals surface area contributed by atoms with Crippen molar-refractivity contribution in [3.63, 3.8) is 0 Å². The lowest BCUT2D eigenvalue weighted by Gasteiger charge is -2.24. The van der Waals surface area contributed by atoms with Gasteiger partial charge in [-0.25, -0.2) is 0 Å². The third kappa shape index (κ3) is 3.88. The predicted octanol–water partition coefficient (Wildman–Crippen LogP) is 4.75. The molecule has 0 aromatic heterocycles. The Hall–Kier alpha value is -2.29. The van der Waals surface area contributed by atoms with Gasteiger partial charge in [0.05, 0.1) is 0 Å². The van der Waals surface area contributed by atoms with Crippen LogP contribution >= 0.6 is 0 Å². The summed E-state index contributed by atoms with van der Waals surface area (Å²) in [6.07, 6.45) is 0. The third-order valence-electron chi connectivity index (χ3n) is 3.60. The van der Waals surface area contributed by atoms with Crippen LogP contribution in [0, 0.1) is 12.8 Å². The lowest BCUT2D eigenvalue weighted by molar-refractivity contribution is -0.118. The Kier molecular flexibility index (Phi) is 5.21. The van der Waals surface area contributed by atoms with Gasteiger partial charge in [-0.15, -0.1) is 0 Å². The van der Waals surface area contributed by atoms with Gasteiger partial charge in [0.1, 0.15) is 0 Å². The number of benzene rings is 2. The molecule has 2 aromatic rings. The maximum Gasteiger partial charge on any atom is 0.226 e. The standard InChI is InChI=1S/C19H24N2O/c1-5-21(18-8-6-7-15(4)13-18)17-11-9-16(10-12-17)20-19(22)14(2)3/h6-14H,5H2,1-4H3,(H,20,22). The SMILES string of the molecule is CCN(c1ccc(NC(=O)C(C)C)cc1)c1cccc(C)c1. The molecule has 116 valence electrons. The predicted molar refractivity (Wildman–Crippen MR) is 93.8 cm³/mol. The molecule has 0 aliphatic rings. The number of anilines is 3. The molecule has 0 saturated heterocycles. The van der Waals surface area contributed by atoms with Crippen LogP contribution < -0.4 is 10.2 Å². The Labute approximate surface area is 133 Å². The fraction of sp³-hybridized carbons (Fsp3) is 0.316. The van der Waals surface area contributed by atoms with Gasteiger partial charge in [0.25, 0.3) is 0 Å². The van der Waals surface area contributed by atoms with Crippen molar-refractivity contribution in [1.29, 1.82) is 0 Å². The molecule has 0 radical (unpaired) electrons. The number of amides is 1. The molecule has 0 bridgehead atoms. The van der Waals surface area contributed by atoms with Crippen LogP contribution in [0.15, 0.2) is 48.5 Å². The summed E-state index contributed by atoms with van der Waals surface area (Å²) in [5.74, 6) is 0.0258. The minimum atomic E-state index is -0.0147. The first kappa shape index (κ1) is 16.1. The van der Waals surface area contributed by atoms with E-state index in [9.17, 15) is 4.79 Å². The smallest absolute Gasteiger partial charge is 0.226 e. The number of carbonyl (C=O) groups is 1. The van der Waals surface area contributed by atoms with Gasteiger partial charge in [0, 0.05) is 29.5 Å². The van der Waals surface area contributed by atoms with E-state index in [2.05, 4.69) is 48.3 Å². The van der Waals surface area contributed by atoms with Gasteiger partial charge in [-0.2, -0.15) is 0 Å². The first-order valence-electron chi connectivity index (χ1n) is 7.76. The van der Waals surface area contributed by atoms with Crippen LogP contribution in [0.1, 0.15) is 26.3 Å². The second-order valence-electron chi connectivity index (χ2n) is 5.77. The minimum absolute atomic E-state index is 0.0147. The number of carbonyl (C=O) groups excluding carboxylic acids is 1. The van der Waals surface area contributed by atoms with Crippen LogP contribution in [0.4, 0.5) is 17.1 Å². The van der Waals surface area contributed by atoms with E-state index >= 15 is 0 Å². The van der Waals surface area contributed by atoms with Crippen LogP contribution in [-0.4, -0.2) is 12.5 Å². The zero-order chi connectivity index (χ0) is 16.1. The van der Waals surface area contributed by atoms with Crippen molar-refractivity contribution in [2.45, 2.75) is 27.7 Å². The highest BCUT2D eigenvalue weighted by molar-refractivity contribution is 5.92. The van der Waals surface area contributed by atoms with Gasteiger partial charge in [-0.1, -0.05) is 26.0 Å². The lowest BCUT2D eigenvalue weighted by Crippen LogP contribution is -2.18. The molecule has 0 atom stereocenters. The summed E-state index contributed by atoms with van der Waals surface area (Å²) in [6.45, 7) is 8.90. The van der Waals surface area contributed by atoms with Gasteiger partial charge < -0.3 is 10.2 Å². The van der Waals surface area contributed by atoms with E-state index in [-0.39, 0.29) is 11.8 Å². The average molecular weight is 296 g/mol. The molecule has 3 nitrogen and oxygen atoms in total. The number of hydrogen-bond donors (Lipinski definition) is 1. The van der Waals surface area contributed by atoms with Gasteiger partial charge in [-0.3, -0.25) is 4.79 Å². The second kappa shape index (κ2) is 7.12. The zero-order valence-electron chi connectivity index (χ0n) is 13.8. The zero-order valence-corrected chi connectivity index (χ0v) is 13.8. The van der Waals surface area contributed by atoms with Crippen LogP contribution in [0.3, 0.4) is 0 Å². The van der Waals surface area contributed by atoms with Crippen LogP contribution in [-0.2, 0) is 4.79 Å². The van der Waals surface area contributed by atoms with Crippen LogP contribution in [0.2, 0.25) is 0 Å². The van der Waals surface area contributed by atoms with Crippen molar-refractivity contribution < 1.29 is 4.79 Å². The number of aryl methyl sites for hydroxylation is 1. The fourth-order valence-corrected chi connectivity index (χ4v) is 2.32. The largest absolute Gasteiger partial charge is 0.342 e. The van der Waals surface area contributed by atoms with Crippen LogP contribution in [0.5, 0.6) is 0 Å². The molecule has 1 amide bonds. The quantitative estimate of drug-likeness (QED) is 0.863. The number of rotatable bonds is 5. The molecule has 2 aromatic carbocycles. The molecule has 2 rings (SSSR count). The average Bonchev–Trinajstić information content (AvgIpc) is 2.49. The maximum absolute atomic E-state index is 11.7. The van der Waals surface area contributed by atoms with Gasteiger partial charge in [0.15, 0.2) is 0 Å². The topological polar surface area (TPSA) is 32.3 Å². The van der Waals surface area contributed by atoms with Crippen molar-refractivity contribution in [3.8, 4) is 0 Å². The van der Waals surface area contributed by atoms with E-state index in [1.807, 2.05) is 38.1 Å². The normalized spacial score (nSPS) is 10.6. The van der Waals surface area contributed by atoms with E-state index < -0.39 is 0 Å². The molecular weight excluding hydrogens is 272 g/mol.